The molecule has 0 radical (unpaired) electrons. The van der Waals surface area contributed by atoms with Crippen molar-refractivity contribution < 1.29 is 18.1 Å². The summed E-state index contributed by atoms with van der Waals surface area (Å²) in [7, 11) is 1.15. The zero-order valence-corrected chi connectivity index (χ0v) is 11.6. The van der Waals surface area contributed by atoms with E-state index in [4.69, 9.17) is 0 Å². The SMILES string of the molecule is Cn1[nH]c(C(F)(F)F)c(/C=N\Nc2ccc([N+](=O)[O-])cc2)c1=O. The lowest BCUT2D eigenvalue weighted by molar-refractivity contribution is -0.384. The maximum absolute atomic E-state index is 12.8. The molecule has 2 rings (SSSR count). The Morgan fingerprint density at radius 2 is 1.96 bits per heavy atom. The fraction of sp³-hybridized carbons (Fsp3) is 0.167. The molecule has 0 saturated heterocycles. The fourth-order valence-corrected chi connectivity index (χ4v) is 1.73. The van der Waals surface area contributed by atoms with Crippen LogP contribution in [0.5, 0.6) is 0 Å². The molecule has 0 fully saturated rings. The van der Waals surface area contributed by atoms with Crippen LogP contribution in [0.25, 0.3) is 0 Å². The molecule has 2 N–H and O–H groups in total. The Morgan fingerprint density at radius 3 is 2.48 bits per heavy atom. The third-order valence-corrected chi connectivity index (χ3v) is 2.83. The van der Waals surface area contributed by atoms with Crippen LogP contribution in [0.15, 0.2) is 34.2 Å². The molecule has 1 aromatic carbocycles. The predicted octanol–water partition coefficient (Wildman–Crippen LogP) is 2.09. The van der Waals surface area contributed by atoms with Gasteiger partial charge in [0.2, 0.25) is 0 Å². The van der Waals surface area contributed by atoms with Gasteiger partial charge in [-0.15, -0.1) is 0 Å². The van der Waals surface area contributed by atoms with Crippen LogP contribution in [0.4, 0.5) is 24.5 Å². The first-order valence-electron chi connectivity index (χ1n) is 6.10. The number of hydrogen-bond acceptors (Lipinski definition) is 5. The molecule has 8 nitrogen and oxygen atoms in total. The Hall–Kier alpha value is -3.11. The first-order valence-corrected chi connectivity index (χ1v) is 6.10. The number of non-ortho nitro benzene ring substituents is 1. The van der Waals surface area contributed by atoms with E-state index in [1.54, 1.807) is 0 Å². The Morgan fingerprint density at radius 1 is 1.35 bits per heavy atom. The van der Waals surface area contributed by atoms with Gasteiger partial charge in [-0.3, -0.25) is 30.1 Å². The van der Waals surface area contributed by atoms with Gasteiger partial charge in [0.1, 0.15) is 0 Å². The van der Waals surface area contributed by atoms with Crippen molar-refractivity contribution >= 4 is 17.6 Å². The lowest BCUT2D eigenvalue weighted by atomic mass is 10.2. The highest BCUT2D eigenvalue weighted by molar-refractivity contribution is 5.81. The summed E-state index contributed by atoms with van der Waals surface area (Å²) in [6.07, 6.45) is -3.99. The number of hydrogen-bond donors (Lipinski definition) is 2. The molecule has 0 aliphatic rings. The van der Waals surface area contributed by atoms with E-state index in [-0.39, 0.29) is 5.69 Å². The summed E-state index contributed by atoms with van der Waals surface area (Å²) in [6.45, 7) is 0. The lowest BCUT2D eigenvalue weighted by Gasteiger charge is -2.03. The van der Waals surface area contributed by atoms with E-state index in [0.717, 1.165) is 13.3 Å². The molecule has 0 atom stereocenters. The minimum Gasteiger partial charge on any atom is -0.291 e. The van der Waals surface area contributed by atoms with Crippen LogP contribution in [0.2, 0.25) is 0 Å². The van der Waals surface area contributed by atoms with Crippen LogP contribution in [0.1, 0.15) is 11.3 Å². The molecule has 0 spiro atoms. The number of benzene rings is 1. The molecular formula is C12H10F3N5O3. The zero-order valence-electron chi connectivity index (χ0n) is 11.6. The van der Waals surface area contributed by atoms with Gasteiger partial charge in [-0.1, -0.05) is 0 Å². The molecule has 11 heteroatoms. The van der Waals surface area contributed by atoms with Gasteiger partial charge in [0.05, 0.1) is 22.4 Å². The van der Waals surface area contributed by atoms with Crippen molar-refractivity contribution in [1.82, 2.24) is 9.78 Å². The number of aryl methyl sites for hydroxylation is 1. The van der Waals surface area contributed by atoms with Gasteiger partial charge in [-0.05, 0) is 12.1 Å². The van der Waals surface area contributed by atoms with Crippen LogP contribution in [0, 0.1) is 10.1 Å². The topological polar surface area (TPSA) is 105 Å². The number of nitro groups is 1. The molecular weight excluding hydrogens is 319 g/mol. The van der Waals surface area contributed by atoms with E-state index >= 15 is 0 Å². The number of anilines is 1. The second-order valence-electron chi connectivity index (χ2n) is 4.44. The predicted molar refractivity (Wildman–Crippen MR) is 75.3 cm³/mol. The number of rotatable bonds is 4. The highest BCUT2D eigenvalue weighted by atomic mass is 19.4. The summed E-state index contributed by atoms with van der Waals surface area (Å²) in [4.78, 5) is 21.5. The van der Waals surface area contributed by atoms with Gasteiger partial charge in [0.25, 0.3) is 11.2 Å². The summed E-state index contributed by atoms with van der Waals surface area (Å²) in [5.41, 5.74) is -0.172. The van der Waals surface area contributed by atoms with Crippen molar-refractivity contribution in [2.45, 2.75) is 6.18 Å². The maximum Gasteiger partial charge on any atom is 0.433 e. The van der Waals surface area contributed by atoms with E-state index in [9.17, 15) is 28.1 Å². The number of halogens is 3. The highest BCUT2D eigenvalue weighted by Gasteiger charge is 2.37. The van der Waals surface area contributed by atoms with Crippen LogP contribution in [-0.2, 0) is 13.2 Å². The number of nitrogens with one attached hydrogen (secondary N) is 2. The molecule has 0 unspecified atom stereocenters. The third-order valence-electron chi connectivity index (χ3n) is 2.83. The van der Waals surface area contributed by atoms with Crippen LogP contribution in [0.3, 0.4) is 0 Å². The first-order chi connectivity index (χ1) is 10.7. The van der Waals surface area contributed by atoms with Crippen molar-refractivity contribution in [3.8, 4) is 0 Å². The molecule has 0 bridgehead atoms. The fourth-order valence-electron chi connectivity index (χ4n) is 1.73. The summed E-state index contributed by atoms with van der Waals surface area (Å²) >= 11 is 0. The third kappa shape index (κ3) is 3.56. The molecule has 122 valence electrons. The molecule has 0 aliphatic heterocycles. The summed E-state index contributed by atoms with van der Waals surface area (Å²) in [6, 6.07) is 5.06. The minimum atomic E-state index is -4.73. The van der Waals surface area contributed by atoms with E-state index < -0.39 is 27.9 Å². The lowest BCUT2D eigenvalue weighted by Crippen LogP contribution is -2.16. The molecule has 0 saturated carbocycles. The summed E-state index contributed by atoms with van der Waals surface area (Å²) < 4.78 is 39.0. The van der Waals surface area contributed by atoms with Crippen molar-refractivity contribution in [2.75, 3.05) is 5.43 Å². The number of hydrazone groups is 1. The average molecular weight is 329 g/mol. The maximum atomic E-state index is 12.8. The number of alkyl halides is 3. The van der Waals surface area contributed by atoms with E-state index in [0.29, 0.717) is 10.4 Å². The van der Waals surface area contributed by atoms with Gasteiger partial charge in [0.15, 0.2) is 5.69 Å². The number of H-pyrrole nitrogens is 1. The number of nitro benzene ring substituents is 1. The number of nitrogens with zero attached hydrogens (tertiary/aromatic N) is 3. The van der Waals surface area contributed by atoms with Crippen molar-refractivity contribution in [3.05, 3.63) is 56.0 Å². The Labute approximate surface area is 126 Å². The normalized spacial score (nSPS) is 11.8. The quantitative estimate of drug-likeness (QED) is 0.509. The second-order valence-corrected chi connectivity index (χ2v) is 4.44. The Kier molecular flexibility index (Phi) is 4.20. The monoisotopic (exact) mass is 329 g/mol. The number of aromatic nitrogens is 2. The molecule has 1 heterocycles. The zero-order chi connectivity index (χ0) is 17.2. The van der Waals surface area contributed by atoms with Crippen LogP contribution >= 0.6 is 0 Å². The Balaban J connectivity index is 2.21. The van der Waals surface area contributed by atoms with E-state index in [1.807, 2.05) is 5.10 Å². The molecule has 23 heavy (non-hydrogen) atoms. The van der Waals surface area contributed by atoms with Crippen molar-refractivity contribution in [3.63, 3.8) is 0 Å². The van der Waals surface area contributed by atoms with Crippen molar-refractivity contribution in [2.24, 2.45) is 12.1 Å². The van der Waals surface area contributed by atoms with E-state index in [1.165, 1.54) is 24.3 Å². The van der Waals surface area contributed by atoms with Crippen LogP contribution < -0.4 is 11.0 Å². The summed E-state index contributed by atoms with van der Waals surface area (Å²) in [5.74, 6) is 0. The van der Waals surface area contributed by atoms with Gasteiger partial charge in [0, 0.05) is 19.2 Å². The van der Waals surface area contributed by atoms with Gasteiger partial charge >= 0.3 is 6.18 Å². The van der Waals surface area contributed by atoms with Gasteiger partial charge in [-0.2, -0.15) is 18.3 Å². The summed E-state index contributed by atoms with van der Waals surface area (Å²) in [5, 5.41) is 16.0. The molecule has 2 aromatic rings. The molecule has 1 aromatic heterocycles. The van der Waals surface area contributed by atoms with Gasteiger partial charge in [-0.25, -0.2) is 0 Å². The molecule has 0 amide bonds. The highest BCUT2D eigenvalue weighted by Crippen LogP contribution is 2.28. The first kappa shape index (κ1) is 16.3. The molecule has 0 aliphatic carbocycles. The second kappa shape index (κ2) is 5.94. The smallest absolute Gasteiger partial charge is 0.291 e. The average Bonchev–Trinajstić information content (AvgIpc) is 2.76. The van der Waals surface area contributed by atoms with Crippen molar-refractivity contribution in [1.29, 1.82) is 0 Å². The van der Waals surface area contributed by atoms with Gasteiger partial charge < -0.3 is 0 Å². The largest absolute Gasteiger partial charge is 0.433 e. The minimum absolute atomic E-state index is 0.140. The van der Waals surface area contributed by atoms with Crippen LogP contribution in [-0.4, -0.2) is 20.9 Å². The van der Waals surface area contributed by atoms with E-state index in [2.05, 4.69) is 10.5 Å². The Bertz CT molecular complexity index is 805. The number of aromatic amines is 1. The standard InChI is InChI=1S/C12H10F3N5O3/c1-19-11(21)9(10(18-19)12(13,14)15)6-16-17-7-2-4-8(5-3-7)20(22)23/h2-6,17-18H,1H3/b16-6-.